The minimum Gasteiger partial charge on any atom is -0.477 e. The number of ether oxygens (including phenoxy) is 1. The number of thiazole rings is 1. The van der Waals surface area contributed by atoms with Gasteiger partial charge < -0.3 is 25.3 Å². The Hall–Kier alpha value is -2.88. The fraction of sp³-hybridized carbons (Fsp3) is 0.389. The number of β-lactam (4-membered cyclic amide) rings is 1. The second-order valence-corrected chi connectivity index (χ2v) is 9.82. The van der Waals surface area contributed by atoms with Crippen molar-refractivity contribution in [3.8, 4) is 0 Å². The molecule has 3 heterocycles. The third-order valence-corrected chi connectivity index (χ3v) is 7.31. The number of nitrogens with zero attached hydrogens (tertiary/aromatic N) is 3. The third kappa shape index (κ3) is 5.69. The number of thioether (sulfide) groups is 1. The lowest BCUT2D eigenvalue weighted by molar-refractivity contribution is -0.150. The van der Waals surface area contributed by atoms with Gasteiger partial charge in [-0.05, 0) is 0 Å². The SMILES string of the molecule is CON=C(C(=O)N[C@@H]1C(=O)N2C(C(=O)O)=C(COC(C)=O)CS[C@H]12)c1nc(NC(=O)CCl)sc1Cl. The molecule has 0 spiro atoms. The van der Waals surface area contributed by atoms with E-state index < -0.39 is 41.1 Å². The van der Waals surface area contributed by atoms with E-state index in [0.29, 0.717) is 0 Å². The van der Waals surface area contributed by atoms with Gasteiger partial charge in [-0.25, -0.2) is 9.78 Å². The number of fused-ring (bicyclic) bond motifs is 1. The van der Waals surface area contributed by atoms with Gasteiger partial charge in [-0.15, -0.1) is 23.4 Å². The van der Waals surface area contributed by atoms with Gasteiger partial charge in [0, 0.05) is 18.2 Å². The summed E-state index contributed by atoms with van der Waals surface area (Å²) in [5, 5.41) is 17.5. The van der Waals surface area contributed by atoms with Crippen molar-refractivity contribution in [3.63, 3.8) is 0 Å². The number of alkyl halides is 1. The van der Waals surface area contributed by atoms with Crippen molar-refractivity contribution < 1.29 is 38.7 Å². The molecule has 2 aliphatic rings. The number of rotatable bonds is 9. The number of esters is 1. The maximum atomic E-state index is 13.0. The number of aromatic nitrogens is 1. The van der Waals surface area contributed by atoms with Crippen LogP contribution in [0.3, 0.4) is 0 Å². The lowest BCUT2D eigenvalue weighted by Crippen LogP contribution is -2.71. The van der Waals surface area contributed by atoms with Crippen LogP contribution in [0.2, 0.25) is 4.34 Å². The number of halogens is 2. The number of hydrogen-bond acceptors (Lipinski definition) is 11. The maximum Gasteiger partial charge on any atom is 0.352 e. The van der Waals surface area contributed by atoms with Crippen molar-refractivity contribution in [1.82, 2.24) is 15.2 Å². The van der Waals surface area contributed by atoms with E-state index in [1.165, 1.54) is 25.8 Å². The van der Waals surface area contributed by atoms with Crippen LogP contribution in [0, 0.1) is 0 Å². The molecule has 3 N–H and O–H groups in total. The highest BCUT2D eigenvalue weighted by Gasteiger charge is 2.54. The molecule has 1 aromatic rings. The molecule has 1 aromatic heterocycles. The zero-order valence-corrected chi connectivity index (χ0v) is 21.1. The molecule has 188 valence electrons. The number of aliphatic carboxylic acids is 1. The number of amides is 3. The molecule has 0 unspecified atom stereocenters. The molecule has 2 atom stereocenters. The van der Waals surface area contributed by atoms with Crippen LogP contribution in [-0.2, 0) is 33.5 Å². The zero-order valence-electron chi connectivity index (χ0n) is 18.0. The quantitative estimate of drug-likeness (QED) is 0.126. The lowest BCUT2D eigenvalue weighted by atomic mass is 10.0. The summed E-state index contributed by atoms with van der Waals surface area (Å²) in [4.78, 5) is 70.0. The van der Waals surface area contributed by atoms with Crippen LogP contribution < -0.4 is 10.6 Å². The van der Waals surface area contributed by atoms with Gasteiger partial charge in [-0.3, -0.25) is 24.1 Å². The van der Waals surface area contributed by atoms with Crippen molar-refractivity contribution in [3.05, 3.63) is 21.3 Å². The average Bonchev–Trinajstić information content (AvgIpc) is 3.17. The normalized spacial score (nSPS) is 19.5. The van der Waals surface area contributed by atoms with Gasteiger partial charge in [0.25, 0.3) is 11.8 Å². The van der Waals surface area contributed by atoms with Crippen molar-refractivity contribution in [1.29, 1.82) is 0 Å². The maximum absolute atomic E-state index is 13.0. The number of oxime groups is 1. The van der Waals surface area contributed by atoms with Crippen molar-refractivity contribution >= 4 is 86.8 Å². The van der Waals surface area contributed by atoms with E-state index in [0.717, 1.165) is 16.2 Å². The minimum absolute atomic E-state index is 0.0145. The first-order chi connectivity index (χ1) is 16.6. The summed E-state index contributed by atoms with van der Waals surface area (Å²) in [6, 6.07) is -1.08. The van der Waals surface area contributed by atoms with Crippen molar-refractivity contribution in [2.24, 2.45) is 5.16 Å². The Morgan fingerprint density at radius 1 is 1.34 bits per heavy atom. The summed E-state index contributed by atoms with van der Waals surface area (Å²) in [6.07, 6.45) is 0. The summed E-state index contributed by atoms with van der Waals surface area (Å²) in [7, 11) is 1.19. The van der Waals surface area contributed by atoms with Crippen molar-refractivity contribution in [2.75, 3.05) is 30.7 Å². The largest absolute Gasteiger partial charge is 0.477 e. The molecule has 1 saturated heterocycles. The van der Waals surface area contributed by atoms with E-state index in [4.69, 9.17) is 32.8 Å². The van der Waals surface area contributed by atoms with E-state index in [1.807, 2.05) is 0 Å². The number of nitrogens with one attached hydrogen (secondary N) is 2. The Kier molecular flexibility index (Phi) is 8.58. The smallest absolute Gasteiger partial charge is 0.352 e. The fourth-order valence-electron chi connectivity index (χ4n) is 3.13. The Morgan fingerprint density at radius 3 is 2.66 bits per heavy atom. The molecular weight excluding hydrogens is 549 g/mol. The highest BCUT2D eigenvalue weighted by molar-refractivity contribution is 8.00. The molecule has 0 aliphatic carbocycles. The Bertz CT molecular complexity index is 1150. The van der Waals surface area contributed by atoms with E-state index in [1.54, 1.807) is 0 Å². The molecule has 35 heavy (non-hydrogen) atoms. The predicted molar refractivity (Wildman–Crippen MR) is 126 cm³/mol. The summed E-state index contributed by atoms with van der Waals surface area (Å²) in [5.74, 6) is -4.19. The number of hydrogen-bond donors (Lipinski definition) is 3. The fourth-order valence-corrected chi connectivity index (χ4v) is 5.59. The van der Waals surface area contributed by atoms with Crippen LogP contribution in [0.15, 0.2) is 16.4 Å². The molecule has 3 rings (SSSR count). The highest BCUT2D eigenvalue weighted by atomic mass is 35.5. The molecule has 1 fully saturated rings. The standard InChI is InChI=1S/C18H17Cl2N5O8S2/c1-6(26)33-4-7-5-34-16-11(15(29)25(16)12(7)17(30)31)22-14(28)10(24-32-2)9-13(20)35-18(23-9)21-8(27)3-19/h11,16H,3-5H2,1-2H3,(H,22,28)(H,30,31)(H,21,23,27)/t11-,16-/m1/s1. The molecule has 3 amide bonds. The number of anilines is 1. The molecule has 0 aromatic carbocycles. The van der Waals surface area contributed by atoms with Gasteiger partial charge in [-0.2, -0.15) is 0 Å². The van der Waals surface area contributed by atoms with Gasteiger partial charge in [0.1, 0.15) is 46.7 Å². The molecule has 0 bridgehead atoms. The number of carboxylic acid groups (broad SMARTS) is 1. The van der Waals surface area contributed by atoms with Crippen LogP contribution in [0.5, 0.6) is 0 Å². The van der Waals surface area contributed by atoms with Crippen LogP contribution in [0.25, 0.3) is 0 Å². The Balaban J connectivity index is 1.79. The van der Waals surface area contributed by atoms with Crippen LogP contribution in [-0.4, -0.2) is 87.1 Å². The van der Waals surface area contributed by atoms with E-state index in [2.05, 4.69) is 20.8 Å². The van der Waals surface area contributed by atoms with Gasteiger partial charge in [0.05, 0.1) is 0 Å². The van der Waals surface area contributed by atoms with Gasteiger partial charge in [0.15, 0.2) is 10.8 Å². The summed E-state index contributed by atoms with van der Waals surface area (Å²) in [6.45, 7) is 0.912. The molecule has 17 heteroatoms. The van der Waals surface area contributed by atoms with Crippen LogP contribution >= 0.6 is 46.3 Å². The Labute approximate surface area is 215 Å². The molecule has 2 aliphatic heterocycles. The van der Waals surface area contributed by atoms with Gasteiger partial charge >= 0.3 is 11.9 Å². The highest BCUT2D eigenvalue weighted by Crippen LogP contribution is 2.40. The van der Waals surface area contributed by atoms with Crippen LogP contribution in [0.1, 0.15) is 12.6 Å². The molecule has 0 radical (unpaired) electrons. The van der Waals surface area contributed by atoms with Gasteiger partial charge in [-0.1, -0.05) is 28.1 Å². The molecule has 13 nitrogen and oxygen atoms in total. The average molecular weight is 566 g/mol. The number of carbonyl (C=O) groups excluding carboxylic acids is 4. The summed E-state index contributed by atoms with van der Waals surface area (Å²) < 4.78 is 4.90. The summed E-state index contributed by atoms with van der Waals surface area (Å²) in [5.41, 5.74) is -0.500. The second-order valence-electron chi connectivity index (χ2n) is 6.84. The topological polar surface area (TPSA) is 177 Å². The monoisotopic (exact) mass is 565 g/mol. The number of carboxylic acids is 1. The molecule has 0 saturated carbocycles. The third-order valence-electron chi connectivity index (χ3n) is 4.56. The second kappa shape index (κ2) is 11.2. The van der Waals surface area contributed by atoms with Gasteiger partial charge in [0.2, 0.25) is 5.91 Å². The number of carbonyl (C=O) groups is 5. The summed E-state index contributed by atoms with van der Waals surface area (Å²) >= 11 is 13.7. The Morgan fingerprint density at radius 2 is 2.06 bits per heavy atom. The minimum atomic E-state index is -1.36. The van der Waals surface area contributed by atoms with E-state index in [9.17, 15) is 29.1 Å². The van der Waals surface area contributed by atoms with E-state index in [-0.39, 0.29) is 50.4 Å². The zero-order chi connectivity index (χ0) is 25.9. The first-order valence-corrected chi connectivity index (χ1v) is 12.3. The molecular formula is C18H17Cl2N5O8S2. The lowest BCUT2D eigenvalue weighted by Gasteiger charge is -2.49. The first kappa shape index (κ1) is 26.7. The first-order valence-electron chi connectivity index (χ1n) is 9.56. The van der Waals surface area contributed by atoms with Crippen molar-refractivity contribution in [2.45, 2.75) is 18.3 Å². The van der Waals surface area contributed by atoms with E-state index >= 15 is 0 Å². The van der Waals surface area contributed by atoms with Crippen LogP contribution in [0.4, 0.5) is 5.13 Å². The predicted octanol–water partition coefficient (Wildman–Crippen LogP) is 0.626.